The third-order valence-corrected chi connectivity index (χ3v) is 6.73. The first-order chi connectivity index (χ1) is 11.2. The van der Waals surface area contributed by atoms with E-state index >= 15 is 0 Å². The van der Waals surface area contributed by atoms with E-state index < -0.39 is 10.0 Å². The van der Waals surface area contributed by atoms with E-state index in [0.717, 1.165) is 25.9 Å². The zero-order valence-corrected chi connectivity index (χ0v) is 15.6. The Morgan fingerprint density at radius 2 is 1.67 bits per heavy atom. The van der Waals surface area contributed by atoms with Gasteiger partial charge in [0, 0.05) is 31.7 Å². The van der Waals surface area contributed by atoms with Gasteiger partial charge in [-0.1, -0.05) is 0 Å². The van der Waals surface area contributed by atoms with Crippen molar-refractivity contribution in [1.29, 1.82) is 0 Å². The average molecular weight is 353 g/mol. The van der Waals surface area contributed by atoms with Gasteiger partial charge in [-0.2, -0.15) is 4.31 Å². The van der Waals surface area contributed by atoms with Gasteiger partial charge in [0.15, 0.2) is 0 Å². The Morgan fingerprint density at radius 1 is 1.12 bits per heavy atom. The molecule has 1 aromatic rings. The second-order valence-electron chi connectivity index (χ2n) is 6.54. The maximum absolute atomic E-state index is 12.6. The zero-order valence-electron chi connectivity index (χ0n) is 14.8. The first-order valence-electron chi connectivity index (χ1n) is 8.31. The van der Waals surface area contributed by atoms with Crippen LogP contribution in [-0.4, -0.2) is 62.8 Å². The van der Waals surface area contributed by atoms with Crippen LogP contribution in [-0.2, 0) is 10.0 Å². The maximum Gasteiger partial charge on any atom is 0.253 e. The van der Waals surface area contributed by atoms with E-state index in [4.69, 9.17) is 0 Å². The molecule has 0 radical (unpaired) electrons. The van der Waals surface area contributed by atoms with Crippen molar-refractivity contribution in [2.45, 2.75) is 43.7 Å². The summed E-state index contributed by atoms with van der Waals surface area (Å²) < 4.78 is 26.2. The third-order valence-electron chi connectivity index (χ3n) is 4.68. The van der Waals surface area contributed by atoms with E-state index in [-0.39, 0.29) is 22.9 Å². The normalized spacial score (nSPS) is 16.6. The Balaban J connectivity index is 2.15. The van der Waals surface area contributed by atoms with Crippen LogP contribution in [0.5, 0.6) is 0 Å². The predicted molar refractivity (Wildman–Crippen MR) is 94.5 cm³/mol. The molecule has 0 saturated carbocycles. The van der Waals surface area contributed by atoms with Gasteiger partial charge in [-0.25, -0.2) is 8.42 Å². The molecule has 24 heavy (non-hydrogen) atoms. The number of carbonyl (C=O) groups excluding carboxylic acids is 1. The fourth-order valence-electron chi connectivity index (χ4n) is 2.78. The predicted octanol–water partition coefficient (Wildman–Crippen LogP) is 1.54. The quantitative estimate of drug-likeness (QED) is 0.872. The molecule has 0 bridgehead atoms. The van der Waals surface area contributed by atoms with Crippen molar-refractivity contribution < 1.29 is 13.2 Å². The second kappa shape index (κ2) is 7.63. The molecule has 1 amide bonds. The lowest BCUT2D eigenvalue weighted by atomic mass is 10.0. The molecule has 1 aromatic carbocycles. The molecule has 1 fully saturated rings. The molecule has 0 unspecified atom stereocenters. The molecule has 6 nitrogen and oxygen atoms in total. The van der Waals surface area contributed by atoms with E-state index in [1.165, 1.54) is 16.4 Å². The number of hydrogen-bond donors (Lipinski definition) is 1. The number of amides is 1. The van der Waals surface area contributed by atoms with Crippen molar-refractivity contribution in [3.8, 4) is 0 Å². The van der Waals surface area contributed by atoms with Crippen molar-refractivity contribution in [3.05, 3.63) is 29.8 Å². The van der Waals surface area contributed by atoms with Gasteiger partial charge in [0.25, 0.3) is 5.91 Å². The topological polar surface area (TPSA) is 69.7 Å². The fraction of sp³-hybridized carbons (Fsp3) is 0.588. The minimum Gasteiger partial charge on any atom is -0.339 e. The molecule has 7 heteroatoms. The highest BCUT2D eigenvalue weighted by molar-refractivity contribution is 7.89. The first-order valence-corrected chi connectivity index (χ1v) is 9.75. The summed E-state index contributed by atoms with van der Waals surface area (Å²) in [7, 11) is -0.147. The van der Waals surface area contributed by atoms with Gasteiger partial charge in [0.2, 0.25) is 10.0 Å². The Kier molecular flexibility index (Phi) is 6.01. The standard InChI is InChI=1S/C17H27N3O3S/c1-13(2)20(4)24(22,23)16-7-5-14(6-8-16)17(21)19(3)15-9-11-18-12-10-15/h5-8,13,15,18H,9-12H2,1-4H3. The van der Waals surface area contributed by atoms with Gasteiger partial charge in [-0.05, 0) is 64.0 Å². The lowest BCUT2D eigenvalue weighted by Crippen LogP contribution is -2.43. The smallest absolute Gasteiger partial charge is 0.253 e. The summed E-state index contributed by atoms with van der Waals surface area (Å²) in [5.41, 5.74) is 0.516. The lowest BCUT2D eigenvalue weighted by Gasteiger charge is -2.31. The summed E-state index contributed by atoms with van der Waals surface area (Å²) in [6, 6.07) is 6.33. The molecular weight excluding hydrogens is 326 g/mol. The monoisotopic (exact) mass is 353 g/mol. The maximum atomic E-state index is 12.6. The molecule has 2 rings (SSSR count). The third kappa shape index (κ3) is 3.96. The van der Waals surface area contributed by atoms with E-state index in [9.17, 15) is 13.2 Å². The van der Waals surface area contributed by atoms with E-state index in [2.05, 4.69) is 5.32 Å². The molecular formula is C17H27N3O3S. The van der Waals surface area contributed by atoms with E-state index in [1.807, 2.05) is 20.9 Å². The summed E-state index contributed by atoms with van der Waals surface area (Å²) in [5.74, 6) is -0.0666. The van der Waals surface area contributed by atoms with Crippen LogP contribution in [0.4, 0.5) is 0 Å². The van der Waals surface area contributed by atoms with Crippen LogP contribution in [0.1, 0.15) is 37.0 Å². The minimum absolute atomic E-state index is 0.0666. The largest absolute Gasteiger partial charge is 0.339 e. The summed E-state index contributed by atoms with van der Waals surface area (Å²) >= 11 is 0. The Bertz CT molecular complexity index is 665. The molecule has 0 atom stereocenters. The summed E-state index contributed by atoms with van der Waals surface area (Å²) in [6.45, 7) is 5.48. The Hall–Kier alpha value is -1.44. The molecule has 0 aromatic heterocycles. The van der Waals surface area contributed by atoms with Crippen molar-refractivity contribution >= 4 is 15.9 Å². The van der Waals surface area contributed by atoms with Crippen LogP contribution >= 0.6 is 0 Å². The van der Waals surface area contributed by atoms with Crippen LogP contribution in [0.3, 0.4) is 0 Å². The van der Waals surface area contributed by atoms with Crippen molar-refractivity contribution in [1.82, 2.24) is 14.5 Å². The van der Waals surface area contributed by atoms with Crippen molar-refractivity contribution in [2.24, 2.45) is 0 Å². The highest BCUT2D eigenvalue weighted by Crippen LogP contribution is 2.19. The zero-order chi connectivity index (χ0) is 17.9. The Labute approximate surface area is 144 Å². The van der Waals surface area contributed by atoms with Crippen LogP contribution in [0.15, 0.2) is 29.2 Å². The highest BCUT2D eigenvalue weighted by atomic mass is 32.2. The molecule has 1 aliphatic heterocycles. The number of hydrogen-bond acceptors (Lipinski definition) is 4. The average Bonchev–Trinajstić information content (AvgIpc) is 2.60. The van der Waals surface area contributed by atoms with Gasteiger partial charge in [0.1, 0.15) is 0 Å². The molecule has 134 valence electrons. The summed E-state index contributed by atoms with van der Waals surface area (Å²) in [6.07, 6.45) is 1.88. The number of carbonyl (C=O) groups is 1. The van der Waals surface area contributed by atoms with E-state index in [1.54, 1.807) is 24.1 Å². The van der Waals surface area contributed by atoms with Crippen LogP contribution in [0, 0.1) is 0 Å². The van der Waals surface area contributed by atoms with E-state index in [0.29, 0.717) is 5.56 Å². The minimum atomic E-state index is -3.52. The molecule has 0 spiro atoms. The number of piperidine rings is 1. The van der Waals surface area contributed by atoms with Gasteiger partial charge >= 0.3 is 0 Å². The number of benzene rings is 1. The number of nitrogens with zero attached hydrogens (tertiary/aromatic N) is 2. The lowest BCUT2D eigenvalue weighted by molar-refractivity contribution is 0.0703. The molecule has 0 aliphatic carbocycles. The number of sulfonamides is 1. The van der Waals surface area contributed by atoms with Crippen LogP contribution in [0.2, 0.25) is 0 Å². The van der Waals surface area contributed by atoms with Gasteiger partial charge in [-0.15, -0.1) is 0 Å². The summed E-state index contributed by atoms with van der Waals surface area (Å²) in [5, 5.41) is 3.28. The molecule has 1 N–H and O–H groups in total. The summed E-state index contributed by atoms with van der Waals surface area (Å²) in [4.78, 5) is 14.6. The molecule has 1 aliphatic rings. The number of rotatable bonds is 5. The highest BCUT2D eigenvalue weighted by Gasteiger charge is 2.25. The SMILES string of the molecule is CC(C)N(C)S(=O)(=O)c1ccc(C(=O)N(C)C2CCNCC2)cc1. The number of nitrogens with one attached hydrogen (secondary N) is 1. The van der Waals surface area contributed by atoms with Gasteiger partial charge < -0.3 is 10.2 Å². The molecule has 1 heterocycles. The van der Waals surface area contributed by atoms with Crippen LogP contribution in [0.25, 0.3) is 0 Å². The Morgan fingerprint density at radius 3 is 2.17 bits per heavy atom. The van der Waals surface area contributed by atoms with Crippen molar-refractivity contribution in [2.75, 3.05) is 27.2 Å². The fourth-order valence-corrected chi connectivity index (χ4v) is 4.14. The molecule has 1 saturated heterocycles. The van der Waals surface area contributed by atoms with Crippen LogP contribution < -0.4 is 5.32 Å². The first kappa shape index (κ1) is 18.9. The van der Waals surface area contributed by atoms with Gasteiger partial charge in [-0.3, -0.25) is 4.79 Å². The van der Waals surface area contributed by atoms with Crippen molar-refractivity contribution in [3.63, 3.8) is 0 Å². The van der Waals surface area contributed by atoms with Gasteiger partial charge in [0.05, 0.1) is 4.90 Å². The second-order valence-corrected chi connectivity index (χ2v) is 8.53.